The Labute approximate surface area is 193 Å². The molecule has 0 amide bonds. The number of aromatic amines is 1. The Hall–Kier alpha value is -4.92. The fourth-order valence-electron chi connectivity index (χ4n) is 3.17. The van der Waals surface area contributed by atoms with Crippen molar-refractivity contribution in [3.8, 4) is 22.9 Å². The second-order valence-corrected chi connectivity index (χ2v) is 7.19. The lowest BCUT2D eigenvalue weighted by molar-refractivity contribution is -0.127. The fourth-order valence-corrected chi connectivity index (χ4v) is 3.17. The number of carbonyl (C=O) groups is 2. The maximum atomic E-state index is 12.4. The minimum absolute atomic E-state index is 0.0252. The number of hydrogen-bond acceptors (Lipinski definition) is 8. The van der Waals surface area contributed by atoms with Gasteiger partial charge in [0.05, 0.1) is 6.54 Å². The van der Waals surface area contributed by atoms with Gasteiger partial charge in [-0.05, 0) is 24.3 Å². The number of nitrogens with one attached hydrogen (secondary N) is 1. The van der Waals surface area contributed by atoms with Crippen molar-refractivity contribution in [1.82, 2.24) is 15.2 Å². The molecule has 9 heteroatoms. The Balaban J connectivity index is 1.19. The first kappa shape index (κ1) is 21.0. The second kappa shape index (κ2) is 9.29. The Kier molecular flexibility index (Phi) is 5.73. The van der Waals surface area contributed by atoms with Gasteiger partial charge >= 0.3 is 11.9 Å². The van der Waals surface area contributed by atoms with Crippen LogP contribution >= 0.6 is 0 Å². The maximum absolute atomic E-state index is 12.4. The summed E-state index contributed by atoms with van der Waals surface area (Å²) >= 11 is 0. The molecule has 0 spiro atoms. The highest BCUT2D eigenvalue weighted by molar-refractivity contribution is 6.41. The molecule has 9 nitrogen and oxygen atoms in total. The quantitative estimate of drug-likeness (QED) is 0.354. The molecular weight excluding hydrogens is 434 g/mol. The van der Waals surface area contributed by atoms with Gasteiger partial charge in [0.2, 0.25) is 5.82 Å². The van der Waals surface area contributed by atoms with Gasteiger partial charge in [-0.2, -0.15) is 5.10 Å². The van der Waals surface area contributed by atoms with Crippen LogP contribution in [-0.2, 0) is 4.79 Å². The monoisotopic (exact) mass is 451 g/mol. The van der Waals surface area contributed by atoms with Crippen LogP contribution in [0.5, 0.6) is 11.5 Å². The molecule has 0 radical (unpaired) electrons. The number of esters is 2. The molecule has 0 saturated heterocycles. The summed E-state index contributed by atoms with van der Waals surface area (Å²) in [5.41, 5.74) is 1.82. The Bertz CT molecular complexity index is 1390. The van der Waals surface area contributed by atoms with Gasteiger partial charge in [0.1, 0.15) is 17.2 Å². The van der Waals surface area contributed by atoms with Crippen LogP contribution in [0.4, 0.5) is 0 Å². The third-order valence-electron chi connectivity index (χ3n) is 4.84. The summed E-state index contributed by atoms with van der Waals surface area (Å²) in [6, 6.07) is 24.7. The molecule has 0 aliphatic carbocycles. The second-order valence-electron chi connectivity index (χ2n) is 7.19. The first-order valence-electron chi connectivity index (χ1n) is 10.4. The maximum Gasteiger partial charge on any atom is 0.381 e. The zero-order chi connectivity index (χ0) is 23.3. The van der Waals surface area contributed by atoms with E-state index >= 15 is 0 Å². The van der Waals surface area contributed by atoms with E-state index in [2.05, 4.69) is 25.2 Å². The van der Waals surface area contributed by atoms with E-state index in [0.29, 0.717) is 11.7 Å². The van der Waals surface area contributed by atoms with Gasteiger partial charge in [0, 0.05) is 11.1 Å². The van der Waals surface area contributed by atoms with E-state index in [1.807, 2.05) is 60.7 Å². The molecule has 1 N–H and O–H groups in total. The number of ether oxygens (including phenoxy) is 2. The van der Waals surface area contributed by atoms with Crippen LogP contribution in [0.25, 0.3) is 11.4 Å². The first-order chi connectivity index (χ1) is 16.7. The number of rotatable bonds is 6. The van der Waals surface area contributed by atoms with Gasteiger partial charge in [-0.1, -0.05) is 60.7 Å². The van der Waals surface area contributed by atoms with Crippen LogP contribution in [0.2, 0.25) is 0 Å². The summed E-state index contributed by atoms with van der Waals surface area (Å²) in [5, 5.41) is 6.62. The van der Waals surface area contributed by atoms with E-state index in [0.717, 1.165) is 11.1 Å². The first-order valence-corrected chi connectivity index (χ1v) is 10.4. The summed E-state index contributed by atoms with van der Waals surface area (Å²) in [7, 11) is 0. The van der Waals surface area contributed by atoms with Crippen LogP contribution < -0.4 is 9.47 Å². The third kappa shape index (κ3) is 4.63. The van der Waals surface area contributed by atoms with Crippen molar-refractivity contribution >= 4 is 23.5 Å². The average molecular weight is 451 g/mol. The minimum Gasteiger partial charge on any atom is -0.422 e. The topological polar surface area (TPSA) is 119 Å². The molecular formula is C25H17N5O4. The summed E-state index contributed by atoms with van der Waals surface area (Å²) in [6.07, 6.45) is 0. The zero-order valence-corrected chi connectivity index (χ0v) is 17.7. The number of aromatic nitrogens is 3. The highest BCUT2D eigenvalue weighted by atomic mass is 16.5. The van der Waals surface area contributed by atoms with Gasteiger partial charge in [-0.3, -0.25) is 10.1 Å². The smallest absolute Gasteiger partial charge is 0.381 e. The summed E-state index contributed by atoms with van der Waals surface area (Å²) in [4.78, 5) is 37.5. The molecule has 3 aromatic carbocycles. The highest BCUT2D eigenvalue weighted by Crippen LogP contribution is 2.20. The lowest BCUT2D eigenvalue weighted by Crippen LogP contribution is -2.21. The van der Waals surface area contributed by atoms with E-state index in [4.69, 9.17) is 9.47 Å². The van der Waals surface area contributed by atoms with E-state index < -0.39 is 11.9 Å². The third-order valence-corrected chi connectivity index (χ3v) is 4.84. The standard InChI is InChI=1S/C25H17N5O4/c31-24(20-15-26-21(27-20)16-7-3-1-4-8-16)33-18-11-13-19(14-12-18)34-25(32)23-28-22(29-30-23)17-9-5-2-6-10-17/h1-14H,15H2,(H,28,29,30). The highest BCUT2D eigenvalue weighted by Gasteiger charge is 2.21. The van der Waals surface area contributed by atoms with Crippen molar-refractivity contribution in [1.29, 1.82) is 0 Å². The Morgan fingerprint density at radius 2 is 1.32 bits per heavy atom. The van der Waals surface area contributed by atoms with Gasteiger partial charge in [0.15, 0.2) is 11.7 Å². The van der Waals surface area contributed by atoms with E-state index in [9.17, 15) is 9.59 Å². The van der Waals surface area contributed by atoms with Crippen molar-refractivity contribution in [3.05, 3.63) is 96.3 Å². The zero-order valence-electron chi connectivity index (χ0n) is 17.7. The van der Waals surface area contributed by atoms with Gasteiger partial charge in [-0.15, -0.1) is 0 Å². The predicted octanol–water partition coefficient (Wildman–Crippen LogP) is 3.50. The molecule has 5 rings (SSSR count). The van der Waals surface area contributed by atoms with Crippen LogP contribution in [0, 0.1) is 0 Å². The Morgan fingerprint density at radius 3 is 1.97 bits per heavy atom. The molecule has 0 bridgehead atoms. The molecule has 1 aromatic heterocycles. The van der Waals surface area contributed by atoms with Crippen LogP contribution in [-0.4, -0.2) is 45.2 Å². The number of aliphatic imine (C=N–C) groups is 2. The molecule has 0 unspecified atom stereocenters. The van der Waals surface area contributed by atoms with Crippen molar-refractivity contribution in [3.63, 3.8) is 0 Å². The van der Waals surface area contributed by atoms with Gasteiger partial charge < -0.3 is 9.47 Å². The molecule has 1 aliphatic heterocycles. The number of hydrogen-bond donors (Lipinski definition) is 1. The molecule has 4 aromatic rings. The summed E-state index contributed by atoms with van der Waals surface area (Å²) in [5.74, 6) is 0.131. The minimum atomic E-state index is -0.690. The van der Waals surface area contributed by atoms with Gasteiger partial charge in [-0.25, -0.2) is 19.6 Å². The van der Waals surface area contributed by atoms with Crippen LogP contribution in [0.3, 0.4) is 0 Å². The summed E-state index contributed by atoms with van der Waals surface area (Å²) < 4.78 is 10.7. The molecule has 0 fully saturated rings. The molecule has 0 saturated carbocycles. The molecule has 34 heavy (non-hydrogen) atoms. The van der Waals surface area contributed by atoms with Crippen molar-refractivity contribution < 1.29 is 19.1 Å². The lowest BCUT2D eigenvalue weighted by Gasteiger charge is -2.05. The summed E-state index contributed by atoms with van der Waals surface area (Å²) in [6.45, 7) is 0.154. The number of nitrogens with zero attached hydrogens (tertiary/aromatic N) is 4. The largest absolute Gasteiger partial charge is 0.422 e. The van der Waals surface area contributed by atoms with Gasteiger partial charge in [0.25, 0.3) is 0 Å². The normalized spacial score (nSPS) is 12.6. The SMILES string of the molecule is O=C(Oc1ccc(OC(=O)c2nc(-c3ccccc3)n[nH]2)cc1)C1=NC(c2ccccc2)=NC1. The van der Waals surface area contributed by atoms with Crippen molar-refractivity contribution in [2.45, 2.75) is 0 Å². The number of amidine groups is 1. The Morgan fingerprint density at radius 1 is 0.735 bits per heavy atom. The van der Waals surface area contributed by atoms with E-state index in [-0.39, 0.29) is 29.6 Å². The molecule has 0 atom stereocenters. The number of benzene rings is 3. The van der Waals surface area contributed by atoms with Crippen molar-refractivity contribution in [2.75, 3.05) is 6.54 Å². The van der Waals surface area contributed by atoms with Crippen LogP contribution in [0.1, 0.15) is 16.2 Å². The average Bonchev–Trinajstić information content (AvgIpc) is 3.57. The lowest BCUT2D eigenvalue weighted by atomic mass is 10.2. The predicted molar refractivity (Wildman–Crippen MR) is 124 cm³/mol. The molecule has 2 heterocycles. The van der Waals surface area contributed by atoms with Crippen molar-refractivity contribution in [2.24, 2.45) is 9.98 Å². The van der Waals surface area contributed by atoms with Crippen LogP contribution in [0.15, 0.2) is 94.9 Å². The van der Waals surface area contributed by atoms with E-state index in [1.54, 1.807) is 0 Å². The number of carbonyl (C=O) groups excluding carboxylic acids is 2. The fraction of sp³-hybridized carbons (Fsp3) is 0.0400. The van der Waals surface area contributed by atoms with E-state index in [1.165, 1.54) is 24.3 Å². The molecule has 1 aliphatic rings. The number of H-pyrrole nitrogens is 1. The molecule has 166 valence electrons.